The first-order chi connectivity index (χ1) is 13.9. The van der Waals surface area contributed by atoms with Crippen LogP contribution in [0.1, 0.15) is 5.56 Å². The molecule has 0 spiro atoms. The van der Waals surface area contributed by atoms with Crippen LogP contribution in [0.4, 0.5) is 5.69 Å². The largest absolute Gasteiger partial charge is 0.328 e. The lowest BCUT2D eigenvalue weighted by molar-refractivity contribution is -0.113. The number of aryl methyl sites for hydroxylation is 3. The summed E-state index contributed by atoms with van der Waals surface area (Å²) >= 11 is 1.26. The van der Waals surface area contributed by atoms with Crippen LogP contribution in [0, 0.1) is 6.92 Å². The van der Waals surface area contributed by atoms with Crippen molar-refractivity contribution < 1.29 is 4.79 Å². The molecule has 0 aliphatic heterocycles. The maximum absolute atomic E-state index is 12.3. The molecule has 0 saturated carbocycles. The van der Waals surface area contributed by atoms with Gasteiger partial charge in [-0.15, -0.1) is 5.10 Å². The lowest BCUT2D eigenvalue weighted by Gasteiger charge is -2.05. The molecule has 2 N–H and O–H groups in total. The lowest BCUT2D eigenvalue weighted by Crippen LogP contribution is -2.19. The number of nitrogens with one attached hydrogen (secondary N) is 2. The van der Waals surface area contributed by atoms with Gasteiger partial charge in [0.2, 0.25) is 11.1 Å². The molecule has 0 fully saturated rings. The Morgan fingerprint density at radius 1 is 1.14 bits per heavy atom. The Morgan fingerprint density at radius 2 is 1.90 bits per heavy atom. The normalized spacial score (nSPS) is 11.1. The second-order valence-corrected chi connectivity index (χ2v) is 7.66. The summed E-state index contributed by atoms with van der Waals surface area (Å²) in [5, 5.41) is 10.5. The number of thioether (sulfide) groups is 1. The van der Waals surface area contributed by atoms with E-state index in [4.69, 9.17) is 0 Å². The zero-order valence-corrected chi connectivity index (χ0v) is 17.1. The van der Waals surface area contributed by atoms with Crippen molar-refractivity contribution in [3.63, 3.8) is 0 Å². The van der Waals surface area contributed by atoms with Gasteiger partial charge in [-0.3, -0.25) is 19.0 Å². The van der Waals surface area contributed by atoms with Gasteiger partial charge in [-0.25, -0.2) is 9.78 Å². The van der Waals surface area contributed by atoms with Gasteiger partial charge in [-0.2, -0.15) is 0 Å². The molecule has 4 rings (SSSR count). The van der Waals surface area contributed by atoms with Crippen molar-refractivity contribution in [2.24, 2.45) is 14.1 Å². The van der Waals surface area contributed by atoms with Crippen LogP contribution < -0.4 is 11.0 Å². The summed E-state index contributed by atoms with van der Waals surface area (Å²) in [6.07, 6.45) is 0. The number of aromatic amines is 1. The van der Waals surface area contributed by atoms with Crippen molar-refractivity contribution in [2.45, 2.75) is 12.1 Å². The summed E-state index contributed by atoms with van der Waals surface area (Å²) in [7, 11) is 3.43. The van der Waals surface area contributed by atoms with Gasteiger partial charge in [0.05, 0.1) is 16.8 Å². The molecule has 2 heterocycles. The SMILES string of the molecule is Cc1ccccc1-c1nc(SCC(=O)Nc2ccc3c(c2)n(C)c(=O)n3C)n[nH]1. The van der Waals surface area contributed by atoms with Crippen LogP contribution in [0.5, 0.6) is 0 Å². The maximum Gasteiger partial charge on any atom is 0.328 e. The Balaban J connectivity index is 1.42. The minimum atomic E-state index is -0.169. The fourth-order valence-electron chi connectivity index (χ4n) is 3.18. The molecule has 4 aromatic rings. The Hall–Kier alpha value is -3.33. The van der Waals surface area contributed by atoms with Crippen LogP contribution in [0.2, 0.25) is 0 Å². The second-order valence-electron chi connectivity index (χ2n) is 6.72. The lowest BCUT2D eigenvalue weighted by atomic mass is 10.1. The fourth-order valence-corrected chi connectivity index (χ4v) is 3.78. The number of carbonyl (C=O) groups excluding carboxylic acids is 1. The first kappa shape index (κ1) is 19.0. The van der Waals surface area contributed by atoms with Crippen LogP contribution in [0.3, 0.4) is 0 Å². The van der Waals surface area contributed by atoms with E-state index in [-0.39, 0.29) is 17.3 Å². The van der Waals surface area contributed by atoms with E-state index >= 15 is 0 Å². The number of benzene rings is 2. The number of aromatic nitrogens is 5. The third-order valence-electron chi connectivity index (χ3n) is 4.75. The van der Waals surface area contributed by atoms with Crippen LogP contribution in [-0.2, 0) is 18.9 Å². The van der Waals surface area contributed by atoms with E-state index in [0.717, 1.165) is 22.2 Å². The standard InChI is InChI=1S/C20H20N6O2S/c1-12-6-4-5-7-14(12)18-22-19(24-23-18)29-11-17(27)21-13-8-9-15-16(10-13)26(3)20(28)25(15)2/h4-10H,11H2,1-3H3,(H,21,27)(H,22,23,24). The summed E-state index contributed by atoms with van der Waals surface area (Å²) in [6.45, 7) is 2.01. The van der Waals surface area contributed by atoms with Crippen LogP contribution >= 0.6 is 11.8 Å². The van der Waals surface area contributed by atoms with Crippen molar-refractivity contribution >= 4 is 34.4 Å². The molecule has 0 aliphatic rings. The third kappa shape index (κ3) is 3.68. The zero-order valence-electron chi connectivity index (χ0n) is 16.3. The van der Waals surface area contributed by atoms with Gasteiger partial charge >= 0.3 is 5.69 Å². The van der Waals surface area contributed by atoms with Gasteiger partial charge in [0.15, 0.2) is 5.82 Å². The number of fused-ring (bicyclic) bond motifs is 1. The predicted molar refractivity (Wildman–Crippen MR) is 114 cm³/mol. The fraction of sp³-hybridized carbons (Fsp3) is 0.200. The summed E-state index contributed by atoms with van der Waals surface area (Å²) in [4.78, 5) is 28.8. The van der Waals surface area contributed by atoms with E-state index in [2.05, 4.69) is 20.5 Å². The summed E-state index contributed by atoms with van der Waals surface area (Å²) in [6, 6.07) is 13.3. The Bertz CT molecular complexity index is 1270. The van der Waals surface area contributed by atoms with Crippen LogP contribution in [0.25, 0.3) is 22.4 Å². The number of hydrogen-bond acceptors (Lipinski definition) is 5. The molecule has 9 heteroatoms. The number of nitrogens with zero attached hydrogens (tertiary/aromatic N) is 4. The number of hydrogen-bond donors (Lipinski definition) is 2. The average molecular weight is 408 g/mol. The second kappa shape index (κ2) is 7.59. The zero-order chi connectivity index (χ0) is 20.5. The van der Waals surface area contributed by atoms with Gasteiger partial charge in [0, 0.05) is 25.3 Å². The highest BCUT2D eigenvalue weighted by Gasteiger charge is 2.12. The van der Waals surface area contributed by atoms with Gasteiger partial charge in [-0.1, -0.05) is 36.0 Å². The van der Waals surface area contributed by atoms with E-state index < -0.39 is 0 Å². The molecule has 0 atom stereocenters. The molecule has 0 bridgehead atoms. The Labute approximate surface area is 171 Å². The van der Waals surface area contributed by atoms with Gasteiger partial charge < -0.3 is 5.32 Å². The minimum absolute atomic E-state index is 0.104. The first-order valence-corrected chi connectivity index (χ1v) is 9.99. The van der Waals surface area contributed by atoms with Crippen LogP contribution in [-0.4, -0.2) is 36.0 Å². The summed E-state index contributed by atoms with van der Waals surface area (Å²) < 4.78 is 3.13. The van der Waals surface area contributed by atoms with E-state index in [9.17, 15) is 9.59 Å². The minimum Gasteiger partial charge on any atom is -0.325 e. The van der Waals surface area contributed by atoms with Gasteiger partial charge in [0.1, 0.15) is 0 Å². The quantitative estimate of drug-likeness (QED) is 0.495. The highest BCUT2D eigenvalue weighted by Crippen LogP contribution is 2.22. The highest BCUT2D eigenvalue weighted by molar-refractivity contribution is 7.99. The number of imidazole rings is 1. The maximum atomic E-state index is 12.3. The Kier molecular flexibility index (Phi) is 4.98. The number of amides is 1. The predicted octanol–water partition coefficient (Wildman–Crippen LogP) is 2.70. The third-order valence-corrected chi connectivity index (χ3v) is 5.60. The molecular formula is C20H20N6O2S. The number of H-pyrrole nitrogens is 1. The molecule has 0 saturated heterocycles. The average Bonchev–Trinajstić information content (AvgIpc) is 3.27. The van der Waals surface area contributed by atoms with Crippen LogP contribution in [0.15, 0.2) is 52.4 Å². The molecule has 2 aromatic heterocycles. The molecule has 1 amide bonds. The number of rotatable bonds is 5. The first-order valence-electron chi connectivity index (χ1n) is 9.00. The summed E-state index contributed by atoms with van der Waals surface area (Å²) in [5.74, 6) is 0.690. The van der Waals surface area contributed by atoms with E-state index in [1.165, 1.54) is 11.8 Å². The molecule has 2 aromatic carbocycles. The van der Waals surface area contributed by atoms with E-state index in [1.54, 1.807) is 35.4 Å². The molecule has 0 radical (unpaired) electrons. The monoisotopic (exact) mass is 408 g/mol. The van der Waals surface area contributed by atoms with Crippen molar-refractivity contribution in [1.29, 1.82) is 0 Å². The van der Waals surface area contributed by atoms with Crippen molar-refractivity contribution in [3.05, 3.63) is 58.5 Å². The van der Waals surface area contributed by atoms with E-state index in [0.29, 0.717) is 16.7 Å². The van der Waals surface area contributed by atoms with Crippen molar-refractivity contribution in [1.82, 2.24) is 24.3 Å². The molecule has 148 valence electrons. The molecule has 0 aliphatic carbocycles. The Morgan fingerprint density at radius 3 is 2.69 bits per heavy atom. The molecule has 8 nitrogen and oxygen atoms in total. The summed E-state index contributed by atoms with van der Waals surface area (Å²) in [5.41, 5.74) is 4.20. The highest BCUT2D eigenvalue weighted by atomic mass is 32.2. The topological polar surface area (TPSA) is 97.6 Å². The van der Waals surface area contributed by atoms with Crippen molar-refractivity contribution in [3.8, 4) is 11.4 Å². The smallest absolute Gasteiger partial charge is 0.325 e. The number of anilines is 1. The molecule has 0 unspecified atom stereocenters. The van der Waals surface area contributed by atoms with E-state index in [1.807, 2.05) is 37.3 Å². The number of carbonyl (C=O) groups is 1. The molecular weight excluding hydrogens is 388 g/mol. The van der Waals surface area contributed by atoms with Gasteiger partial charge in [0.25, 0.3) is 0 Å². The molecule has 29 heavy (non-hydrogen) atoms. The van der Waals surface area contributed by atoms with Gasteiger partial charge in [-0.05, 0) is 30.7 Å². The van der Waals surface area contributed by atoms with Crippen molar-refractivity contribution in [2.75, 3.05) is 11.1 Å².